The summed E-state index contributed by atoms with van der Waals surface area (Å²) in [6, 6.07) is 7.56. The first-order valence-corrected chi connectivity index (χ1v) is 9.19. The van der Waals surface area contributed by atoms with Gasteiger partial charge < -0.3 is 10.2 Å². The highest BCUT2D eigenvalue weighted by molar-refractivity contribution is 9.10. The zero-order valence-electron chi connectivity index (χ0n) is 13.8. The van der Waals surface area contributed by atoms with Crippen molar-refractivity contribution in [1.82, 2.24) is 4.90 Å². The molecule has 4 rings (SSSR count). The molecule has 0 radical (unpaired) electrons. The molecule has 3 aliphatic carbocycles. The molecule has 3 aliphatic rings. The Kier molecular flexibility index (Phi) is 3.60. The lowest BCUT2D eigenvalue weighted by Crippen LogP contribution is -2.41. The van der Waals surface area contributed by atoms with Crippen molar-refractivity contribution in [2.75, 3.05) is 19.4 Å². The van der Waals surface area contributed by atoms with Crippen LogP contribution in [0.1, 0.15) is 12.8 Å². The number of nitrogens with one attached hydrogen (secondary N) is 1. The summed E-state index contributed by atoms with van der Waals surface area (Å²) in [5, 5.41) is 3.02. The quantitative estimate of drug-likeness (QED) is 0.807. The highest BCUT2D eigenvalue weighted by Gasteiger charge is 2.69. The van der Waals surface area contributed by atoms with E-state index in [1.807, 2.05) is 24.3 Å². The van der Waals surface area contributed by atoms with Gasteiger partial charge in [-0.25, -0.2) is 0 Å². The number of benzene rings is 1. The lowest BCUT2D eigenvalue weighted by atomic mass is 9.81. The molecule has 0 aliphatic heterocycles. The van der Waals surface area contributed by atoms with E-state index in [9.17, 15) is 9.59 Å². The van der Waals surface area contributed by atoms with Gasteiger partial charge in [0.1, 0.15) is 0 Å². The number of carbonyl (C=O) groups is 2. The van der Waals surface area contributed by atoms with E-state index >= 15 is 0 Å². The Morgan fingerprint density at radius 2 is 1.67 bits per heavy atom. The molecule has 0 saturated heterocycles. The molecule has 1 N–H and O–H groups in total. The van der Waals surface area contributed by atoms with Gasteiger partial charge in [0.2, 0.25) is 11.8 Å². The van der Waals surface area contributed by atoms with Crippen molar-refractivity contribution < 1.29 is 9.59 Å². The van der Waals surface area contributed by atoms with Gasteiger partial charge in [-0.05, 0) is 54.4 Å². The largest absolute Gasteiger partial charge is 0.349 e. The van der Waals surface area contributed by atoms with Crippen LogP contribution >= 0.6 is 15.9 Å². The van der Waals surface area contributed by atoms with Gasteiger partial charge in [-0.1, -0.05) is 28.1 Å². The summed E-state index contributed by atoms with van der Waals surface area (Å²) in [7, 11) is 3.56. The second kappa shape index (κ2) is 5.45. The maximum atomic E-state index is 13.0. The summed E-state index contributed by atoms with van der Waals surface area (Å²) in [6.07, 6.45) is 6.64. The number of anilines is 1. The number of hydrogen-bond donors (Lipinski definition) is 1. The van der Waals surface area contributed by atoms with Crippen molar-refractivity contribution in [3.05, 3.63) is 40.9 Å². The van der Waals surface area contributed by atoms with Crippen LogP contribution in [0.25, 0.3) is 0 Å². The van der Waals surface area contributed by atoms with Gasteiger partial charge in [0.25, 0.3) is 0 Å². The molecule has 2 amide bonds. The maximum absolute atomic E-state index is 13.0. The lowest BCUT2D eigenvalue weighted by Gasteiger charge is -2.28. The fourth-order valence-electron chi connectivity index (χ4n) is 4.75. The highest BCUT2D eigenvalue weighted by atomic mass is 79.9. The maximum Gasteiger partial charge on any atom is 0.228 e. The fourth-order valence-corrected chi connectivity index (χ4v) is 5.01. The zero-order chi connectivity index (χ0) is 17.1. The fraction of sp³-hybridized carbons (Fsp3) is 0.474. The van der Waals surface area contributed by atoms with Gasteiger partial charge >= 0.3 is 0 Å². The molecule has 4 nitrogen and oxygen atoms in total. The highest BCUT2D eigenvalue weighted by Crippen LogP contribution is 2.72. The Morgan fingerprint density at radius 1 is 1.08 bits per heavy atom. The third-order valence-electron chi connectivity index (χ3n) is 5.98. The average Bonchev–Trinajstić information content (AvgIpc) is 3.22. The summed E-state index contributed by atoms with van der Waals surface area (Å²) < 4.78 is 0.973. The molecule has 4 atom stereocenters. The van der Waals surface area contributed by atoms with Crippen LogP contribution in [0.2, 0.25) is 0 Å². The number of allylic oxidation sites excluding steroid dienone is 2. The standard InChI is InChI=1S/C19H21BrN2O2/c1-22(2)18(24)16-14-8-7-13(19(14)9-10-19)15(16)17(23)21-12-5-3-11(20)4-6-12/h3-8,13-16H,9-10H2,1-2H3,(H,21,23). The van der Waals surface area contributed by atoms with Crippen molar-refractivity contribution in [3.8, 4) is 0 Å². The predicted octanol–water partition coefficient (Wildman–Crippen LogP) is 3.30. The summed E-state index contributed by atoms with van der Waals surface area (Å²) in [6.45, 7) is 0. The van der Waals surface area contributed by atoms with E-state index < -0.39 is 0 Å². The van der Waals surface area contributed by atoms with Crippen LogP contribution < -0.4 is 5.32 Å². The van der Waals surface area contributed by atoms with Crippen molar-refractivity contribution in [2.45, 2.75) is 12.8 Å². The second-order valence-corrected chi connectivity index (χ2v) is 8.37. The molecule has 5 heteroatoms. The van der Waals surface area contributed by atoms with Crippen LogP contribution in [-0.2, 0) is 9.59 Å². The second-order valence-electron chi connectivity index (χ2n) is 7.45. The molecule has 2 fully saturated rings. The first-order valence-electron chi connectivity index (χ1n) is 8.40. The number of nitrogens with zero attached hydrogens (tertiary/aromatic N) is 1. The number of halogens is 1. The van der Waals surface area contributed by atoms with Gasteiger partial charge in [-0.2, -0.15) is 0 Å². The van der Waals surface area contributed by atoms with Gasteiger partial charge in [0, 0.05) is 24.3 Å². The van der Waals surface area contributed by atoms with E-state index in [2.05, 4.69) is 33.4 Å². The van der Waals surface area contributed by atoms with Crippen molar-refractivity contribution in [2.24, 2.45) is 29.1 Å². The van der Waals surface area contributed by atoms with Gasteiger partial charge in [0.05, 0.1) is 11.8 Å². The van der Waals surface area contributed by atoms with Crippen LogP contribution in [0, 0.1) is 29.1 Å². The van der Waals surface area contributed by atoms with E-state index in [0.29, 0.717) is 0 Å². The van der Waals surface area contributed by atoms with Crippen LogP contribution in [0.3, 0.4) is 0 Å². The Balaban J connectivity index is 1.62. The molecule has 1 aromatic rings. The third kappa shape index (κ3) is 2.25. The van der Waals surface area contributed by atoms with Gasteiger partial charge in [-0.3, -0.25) is 9.59 Å². The smallest absolute Gasteiger partial charge is 0.228 e. The first-order chi connectivity index (χ1) is 11.4. The molecule has 2 bridgehead atoms. The minimum Gasteiger partial charge on any atom is -0.349 e. The van der Waals surface area contributed by atoms with Crippen LogP contribution in [0.4, 0.5) is 5.69 Å². The van der Waals surface area contributed by atoms with Crippen LogP contribution in [0.15, 0.2) is 40.9 Å². The van der Waals surface area contributed by atoms with Crippen molar-refractivity contribution in [1.29, 1.82) is 0 Å². The van der Waals surface area contributed by atoms with E-state index in [1.54, 1.807) is 19.0 Å². The molecular weight excluding hydrogens is 368 g/mol. The summed E-state index contributed by atoms with van der Waals surface area (Å²) in [4.78, 5) is 27.4. The Morgan fingerprint density at radius 3 is 2.21 bits per heavy atom. The lowest BCUT2D eigenvalue weighted by molar-refractivity contribution is -0.139. The predicted molar refractivity (Wildman–Crippen MR) is 96.2 cm³/mol. The summed E-state index contributed by atoms with van der Waals surface area (Å²) >= 11 is 3.40. The molecule has 24 heavy (non-hydrogen) atoms. The molecular formula is C19H21BrN2O2. The SMILES string of the molecule is CN(C)C(=O)C1C(C(=O)Nc2ccc(Br)cc2)C2C=CC1C21CC1. The van der Waals surface area contributed by atoms with E-state index in [4.69, 9.17) is 0 Å². The minimum atomic E-state index is -0.263. The zero-order valence-corrected chi connectivity index (χ0v) is 15.4. The molecule has 1 aromatic carbocycles. The van der Waals surface area contributed by atoms with E-state index in [1.165, 1.54) is 0 Å². The minimum absolute atomic E-state index is 0.0272. The van der Waals surface area contributed by atoms with Gasteiger partial charge in [0.15, 0.2) is 0 Å². The molecule has 2 saturated carbocycles. The summed E-state index contributed by atoms with van der Waals surface area (Å²) in [5.41, 5.74) is 0.953. The normalized spacial score (nSPS) is 31.3. The molecule has 1 spiro atoms. The van der Waals surface area contributed by atoms with Crippen molar-refractivity contribution in [3.63, 3.8) is 0 Å². The van der Waals surface area contributed by atoms with Crippen LogP contribution in [-0.4, -0.2) is 30.8 Å². The average molecular weight is 389 g/mol. The van der Waals surface area contributed by atoms with Crippen molar-refractivity contribution >= 4 is 33.4 Å². The van der Waals surface area contributed by atoms with Gasteiger partial charge in [-0.15, -0.1) is 0 Å². The number of amides is 2. The van der Waals surface area contributed by atoms with E-state index in [0.717, 1.165) is 23.0 Å². The molecule has 0 aromatic heterocycles. The molecule has 0 heterocycles. The number of carbonyl (C=O) groups excluding carboxylic acids is 2. The monoisotopic (exact) mass is 388 g/mol. The number of rotatable bonds is 3. The van der Waals surface area contributed by atoms with E-state index in [-0.39, 0.29) is 40.9 Å². The third-order valence-corrected chi connectivity index (χ3v) is 6.51. The summed E-state index contributed by atoms with van der Waals surface area (Å²) in [5.74, 6) is -0.0198. The Hall–Kier alpha value is -1.62. The van der Waals surface area contributed by atoms with Crippen LogP contribution in [0.5, 0.6) is 0 Å². The number of hydrogen-bond acceptors (Lipinski definition) is 2. The topological polar surface area (TPSA) is 49.4 Å². The molecule has 4 unspecified atom stereocenters. The first kappa shape index (κ1) is 15.9. The molecule has 126 valence electrons. The Labute approximate surface area is 150 Å². The Bertz CT molecular complexity index is 721.